The number of fused-ring (bicyclic) bond motifs is 2. The Kier molecular flexibility index (Phi) is 11.7. The maximum absolute atomic E-state index is 12.9. The van der Waals surface area contributed by atoms with Crippen molar-refractivity contribution in [3.63, 3.8) is 0 Å². The number of aryl methyl sites for hydroxylation is 1. The molecular formula is C35H46F3N9S2. The monoisotopic (exact) mass is 713 g/mol. The van der Waals surface area contributed by atoms with Gasteiger partial charge in [-0.25, -0.2) is 9.97 Å². The van der Waals surface area contributed by atoms with Gasteiger partial charge in [-0.05, 0) is 74.8 Å². The number of aromatic nitrogens is 3. The van der Waals surface area contributed by atoms with Crippen LogP contribution in [0, 0.1) is 24.2 Å². The Bertz CT molecular complexity index is 1750. The number of rotatable bonds is 10. The van der Waals surface area contributed by atoms with E-state index >= 15 is 0 Å². The predicted octanol–water partition coefficient (Wildman–Crippen LogP) is 6.13. The van der Waals surface area contributed by atoms with Gasteiger partial charge in [0.25, 0.3) is 0 Å². The van der Waals surface area contributed by atoms with E-state index in [0.29, 0.717) is 27.8 Å². The molecule has 3 fully saturated rings. The average molecular weight is 714 g/mol. The summed E-state index contributed by atoms with van der Waals surface area (Å²) in [6, 6.07) is 11.0. The fourth-order valence-electron chi connectivity index (χ4n) is 6.91. The van der Waals surface area contributed by atoms with E-state index in [-0.39, 0.29) is 10.9 Å². The predicted molar refractivity (Wildman–Crippen MR) is 194 cm³/mol. The van der Waals surface area contributed by atoms with E-state index in [1.165, 1.54) is 30.3 Å². The summed E-state index contributed by atoms with van der Waals surface area (Å²) in [5.74, 6) is 1.57. The highest BCUT2D eigenvalue weighted by Gasteiger charge is 2.29. The van der Waals surface area contributed by atoms with Crippen molar-refractivity contribution in [1.29, 1.82) is 5.26 Å². The van der Waals surface area contributed by atoms with Gasteiger partial charge in [-0.1, -0.05) is 18.9 Å². The van der Waals surface area contributed by atoms with Crippen molar-refractivity contribution >= 4 is 51.1 Å². The average Bonchev–Trinajstić information content (AvgIpc) is 3.70. The summed E-state index contributed by atoms with van der Waals surface area (Å²) >= 11 is 4.92. The fraction of sp³-hybridized carbons (Fsp3) is 0.571. The molecule has 3 N–H and O–H groups in total. The number of piperidine rings is 1. The van der Waals surface area contributed by atoms with Gasteiger partial charge in [-0.3, -0.25) is 14.5 Å². The van der Waals surface area contributed by atoms with Crippen molar-refractivity contribution < 1.29 is 13.2 Å². The molecule has 1 atom stereocenters. The van der Waals surface area contributed by atoms with Crippen molar-refractivity contribution in [3.05, 3.63) is 52.3 Å². The summed E-state index contributed by atoms with van der Waals surface area (Å²) in [7, 11) is 0. The van der Waals surface area contributed by atoms with Crippen LogP contribution in [0.4, 0.5) is 19.0 Å². The number of anilines is 1. The quantitative estimate of drug-likeness (QED) is 0.146. The van der Waals surface area contributed by atoms with Gasteiger partial charge in [0.1, 0.15) is 28.7 Å². The van der Waals surface area contributed by atoms with Crippen LogP contribution in [0.15, 0.2) is 30.6 Å². The minimum Gasteiger partial charge on any atom is -0.367 e. The number of hydrogen-bond acceptors (Lipinski definition) is 10. The molecule has 0 bridgehead atoms. The van der Waals surface area contributed by atoms with E-state index in [4.69, 9.17) is 0 Å². The molecule has 49 heavy (non-hydrogen) atoms. The maximum atomic E-state index is 12.9. The van der Waals surface area contributed by atoms with Crippen LogP contribution in [0.2, 0.25) is 0 Å². The lowest BCUT2D eigenvalue weighted by atomic mass is 10.0. The molecule has 0 amide bonds. The third-order valence-electron chi connectivity index (χ3n) is 9.96. The van der Waals surface area contributed by atoms with Gasteiger partial charge in [-0.15, -0.1) is 11.3 Å². The zero-order valence-electron chi connectivity index (χ0n) is 28.2. The molecule has 2 saturated heterocycles. The molecule has 3 aromatic heterocycles. The molecule has 2 aliphatic heterocycles. The Hall–Kier alpha value is -2.93. The molecule has 1 unspecified atom stereocenters. The molecule has 4 aromatic rings. The number of nitrogens with one attached hydrogen (secondary N) is 3. The summed E-state index contributed by atoms with van der Waals surface area (Å²) in [6.45, 7) is 13.0. The maximum Gasteiger partial charge on any atom is 0.393 e. The number of likely N-dealkylation sites (tertiary alicyclic amines) is 1. The van der Waals surface area contributed by atoms with Crippen LogP contribution in [0.5, 0.6) is 0 Å². The second-order valence-corrected chi connectivity index (χ2v) is 15.0. The van der Waals surface area contributed by atoms with Gasteiger partial charge < -0.3 is 15.2 Å². The number of piperazine rings is 1. The number of thiophene rings is 1. The highest BCUT2D eigenvalue weighted by atomic mass is 32.1. The van der Waals surface area contributed by atoms with E-state index in [1.54, 1.807) is 6.07 Å². The Morgan fingerprint density at radius 1 is 1.08 bits per heavy atom. The van der Waals surface area contributed by atoms with Crippen molar-refractivity contribution in [3.8, 4) is 6.07 Å². The Morgan fingerprint density at radius 3 is 2.49 bits per heavy atom. The van der Waals surface area contributed by atoms with E-state index in [9.17, 15) is 18.4 Å². The van der Waals surface area contributed by atoms with Crippen molar-refractivity contribution in [2.45, 2.75) is 77.3 Å². The third kappa shape index (κ3) is 9.25. The van der Waals surface area contributed by atoms with E-state index in [1.807, 2.05) is 6.07 Å². The largest absolute Gasteiger partial charge is 0.393 e. The van der Waals surface area contributed by atoms with Gasteiger partial charge >= 0.3 is 6.18 Å². The molecule has 264 valence electrons. The topological polar surface area (TPSA) is 97.1 Å². The molecule has 14 heteroatoms. The molecule has 3 aliphatic rings. The van der Waals surface area contributed by atoms with Crippen LogP contribution in [-0.4, -0.2) is 88.4 Å². The fourth-order valence-corrected chi connectivity index (χ4v) is 8.20. The minimum absolute atomic E-state index is 0.189. The van der Waals surface area contributed by atoms with Crippen LogP contribution >= 0.6 is 24.2 Å². The zero-order valence-corrected chi connectivity index (χ0v) is 29.9. The molecule has 0 spiro atoms. The normalized spacial score (nSPS) is 18.7. The number of nitrogens with zero attached hydrogens (tertiary/aromatic N) is 6. The Balaban J connectivity index is 0.000000628. The number of alkyl halides is 3. The molecule has 1 aliphatic carbocycles. The Labute approximate surface area is 295 Å². The second-order valence-electron chi connectivity index (χ2n) is 13.6. The highest BCUT2D eigenvalue weighted by molar-refractivity contribution is 7.78. The Morgan fingerprint density at radius 2 is 1.84 bits per heavy atom. The number of hydrogen-bond donors (Lipinski definition) is 4. The van der Waals surface area contributed by atoms with Gasteiger partial charge in [0.05, 0.1) is 11.8 Å². The lowest BCUT2D eigenvalue weighted by molar-refractivity contribution is -0.126. The third-order valence-corrected chi connectivity index (χ3v) is 11.2. The highest BCUT2D eigenvalue weighted by Crippen LogP contribution is 2.34. The van der Waals surface area contributed by atoms with E-state index in [0.717, 1.165) is 99.9 Å². The summed E-state index contributed by atoms with van der Waals surface area (Å²) in [5, 5.41) is 18.6. The van der Waals surface area contributed by atoms with Crippen LogP contribution in [0.3, 0.4) is 0 Å². The summed E-state index contributed by atoms with van der Waals surface area (Å²) in [6.07, 6.45) is 0.860. The van der Waals surface area contributed by atoms with Crippen LogP contribution < -0.4 is 15.4 Å². The van der Waals surface area contributed by atoms with Crippen molar-refractivity contribution in [1.82, 2.24) is 34.4 Å². The number of halogens is 3. The van der Waals surface area contributed by atoms with Crippen molar-refractivity contribution in [2.24, 2.45) is 5.92 Å². The first-order valence-electron chi connectivity index (χ1n) is 17.2. The van der Waals surface area contributed by atoms with Gasteiger partial charge in [-0.2, -0.15) is 18.4 Å². The van der Waals surface area contributed by atoms with Crippen LogP contribution in [0.1, 0.15) is 54.3 Å². The standard InChI is InChI=1S/C31H37F3N8S.C4H9NS/c1-20(41-11-7-36-8-12-41)17-42-24(16-35)13-26-21(2)22(3-4-28(26)42)18-40-9-5-23(6-10-40)39-29-27-14-25(15-31(32,33)34)43-30(27)38-19-37-29;6-5-3-4-1-2-4/h3-4,13-14,19-20,23,36H,5-12,15,17-18H2,1-2H3,(H,37,38,39);4-6H,1-3H2. The van der Waals surface area contributed by atoms with Gasteiger partial charge in [0.15, 0.2) is 0 Å². The first-order chi connectivity index (χ1) is 23.6. The number of benzene rings is 1. The van der Waals surface area contributed by atoms with Gasteiger partial charge in [0, 0.05) is 86.8 Å². The molecule has 1 saturated carbocycles. The summed E-state index contributed by atoms with van der Waals surface area (Å²) in [5.41, 5.74) is 4.31. The van der Waals surface area contributed by atoms with Gasteiger partial charge in [0.2, 0.25) is 0 Å². The van der Waals surface area contributed by atoms with E-state index in [2.05, 4.69) is 84.6 Å². The smallest absolute Gasteiger partial charge is 0.367 e. The number of thiol groups is 1. The molecule has 7 rings (SSSR count). The number of nitriles is 1. The van der Waals surface area contributed by atoms with Crippen LogP contribution in [0.25, 0.3) is 21.1 Å². The van der Waals surface area contributed by atoms with Crippen molar-refractivity contribution in [2.75, 3.05) is 51.1 Å². The summed E-state index contributed by atoms with van der Waals surface area (Å²) in [4.78, 5) is 14.3. The lowest BCUT2D eigenvalue weighted by Crippen LogP contribution is -2.48. The second kappa shape index (κ2) is 16.0. The molecule has 1 aromatic carbocycles. The molecule has 0 radical (unpaired) electrons. The minimum atomic E-state index is -4.25. The zero-order chi connectivity index (χ0) is 34.5. The molecule has 9 nitrogen and oxygen atoms in total. The molecule has 5 heterocycles. The van der Waals surface area contributed by atoms with E-state index < -0.39 is 12.6 Å². The summed E-state index contributed by atoms with van der Waals surface area (Å²) < 4.78 is 43.8. The molecular weight excluding hydrogens is 668 g/mol. The SMILES string of the molecule is Cc1c(CN2CCC(Nc3ncnc4sc(CC(F)(F)F)cc34)CC2)ccc2c1cc(C#N)n2CC(C)N1CCNCC1.SNCC1CC1. The first kappa shape index (κ1) is 35.9. The lowest BCUT2D eigenvalue weighted by Gasteiger charge is -2.33. The first-order valence-corrected chi connectivity index (χ1v) is 18.5. The van der Waals surface area contributed by atoms with Crippen LogP contribution in [-0.2, 0) is 19.5 Å².